The molecule has 1 aliphatic heterocycles. The SMILES string of the molecule is CCN1CCC(CNC(=NC)NCC(c2ccccc2)c2ccccc2)C1.I. The largest absolute Gasteiger partial charge is 0.356 e. The maximum absolute atomic E-state index is 4.43. The van der Waals surface area contributed by atoms with Crippen LogP contribution in [0, 0.1) is 5.92 Å². The van der Waals surface area contributed by atoms with Crippen LogP contribution in [-0.4, -0.2) is 50.6 Å². The molecule has 1 atom stereocenters. The summed E-state index contributed by atoms with van der Waals surface area (Å²) in [6, 6.07) is 21.4. The van der Waals surface area contributed by atoms with Gasteiger partial charge in [-0.1, -0.05) is 67.6 Å². The molecule has 3 rings (SSSR count). The number of hydrogen-bond donors (Lipinski definition) is 2. The van der Waals surface area contributed by atoms with E-state index in [1.54, 1.807) is 0 Å². The van der Waals surface area contributed by atoms with Crippen molar-refractivity contribution < 1.29 is 0 Å². The van der Waals surface area contributed by atoms with Crippen LogP contribution in [0.25, 0.3) is 0 Å². The predicted octanol–water partition coefficient (Wildman–Crippen LogP) is 3.94. The molecule has 0 aromatic heterocycles. The number of halogens is 1. The van der Waals surface area contributed by atoms with Crippen LogP contribution < -0.4 is 10.6 Å². The zero-order valence-electron chi connectivity index (χ0n) is 17.0. The fourth-order valence-corrected chi connectivity index (χ4v) is 3.83. The van der Waals surface area contributed by atoms with Gasteiger partial charge in [0.15, 0.2) is 5.96 Å². The van der Waals surface area contributed by atoms with Crippen molar-refractivity contribution >= 4 is 29.9 Å². The Kier molecular flexibility index (Phi) is 9.78. The van der Waals surface area contributed by atoms with Gasteiger partial charge in [-0.2, -0.15) is 0 Å². The lowest BCUT2D eigenvalue weighted by Crippen LogP contribution is -2.42. The average Bonchev–Trinajstić information content (AvgIpc) is 3.20. The number of aliphatic imine (C=N–C) groups is 1. The van der Waals surface area contributed by atoms with E-state index in [4.69, 9.17) is 0 Å². The minimum atomic E-state index is 0. The molecule has 0 amide bonds. The number of nitrogens with zero attached hydrogens (tertiary/aromatic N) is 2. The summed E-state index contributed by atoms with van der Waals surface area (Å²) >= 11 is 0. The quantitative estimate of drug-likeness (QED) is 0.350. The highest BCUT2D eigenvalue weighted by molar-refractivity contribution is 14.0. The molecule has 28 heavy (non-hydrogen) atoms. The van der Waals surface area contributed by atoms with Crippen LogP contribution in [0.3, 0.4) is 0 Å². The predicted molar refractivity (Wildman–Crippen MR) is 130 cm³/mol. The summed E-state index contributed by atoms with van der Waals surface area (Å²) in [7, 11) is 1.85. The summed E-state index contributed by atoms with van der Waals surface area (Å²) in [6.45, 7) is 7.61. The van der Waals surface area contributed by atoms with Crippen molar-refractivity contribution in [3.05, 3.63) is 71.8 Å². The van der Waals surface area contributed by atoms with Gasteiger partial charge in [0, 0.05) is 32.6 Å². The second-order valence-corrected chi connectivity index (χ2v) is 7.26. The van der Waals surface area contributed by atoms with Gasteiger partial charge in [0.1, 0.15) is 0 Å². The highest BCUT2D eigenvalue weighted by atomic mass is 127. The van der Waals surface area contributed by atoms with E-state index in [2.05, 4.69) is 88.1 Å². The van der Waals surface area contributed by atoms with Crippen molar-refractivity contribution in [2.75, 3.05) is 39.8 Å². The lowest BCUT2D eigenvalue weighted by Gasteiger charge is -2.21. The van der Waals surface area contributed by atoms with Crippen LogP contribution in [0.1, 0.15) is 30.4 Å². The highest BCUT2D eigenvalue weighted by Crippen LogP contribution is 2.23. The standard InChI is InChI=1S/C23H32N4.HI/c1-3-27-15-14-19(18-27)16-25-23(24-2)26-17-22(20-10-6-4-7-11-20)21-12-8-5-9-13-21;/h4-13,19,22H,3,14-18H2,1-2H3,(H2,24,25,26);1H. The van der Waals surface area contributed by atoms with E-state index >= 15 is 0 Å². The second kappa shape index (κ2) is 12.1. The van der Waals surface area contributed by atoms with Gasteiger partial charge in [-0.15, -0.1) is 24.0 Å². The molecule has 2 N–H and O–H groups in total. The summed E-state index contributed by atoms with van der Waals surface area (Å²) in [4.78, 5) is 6.95. The lowest BCUT2D eigenvalue weighted by molar-refractivity contribution is 0.342. The zero-order valence-corrected chi connectivity index (χ0v) is 19.3. The Morgan fingerprint density at radius 1 is 1.04 bits per heavy atom. The summed E-state index contributed by atoms with van der Waals surface area (Å²) in [5, 5.41) is 7.07. The molecule has 1 saturated heterocycles. The van der Waals surface area contributed by atoms with Crippen molar-refractivity contribution in [1.29, 1.82) is 0 Å². The summed E-state index contributed by atoms with van der Waals surface area (Å²) < 4.78 is 0. The molecular weight excluding hydrogens is 459 g/mol. The molecule has 0 bridgehead atoms. The van der Waals surface area contributed by atoms with Gasteiger partial charge in [-0.05, 0) is 36.6 Å². The Labute approximate surface area is 186 Å². The van der Waals surface area contributed by atoms with Crippen LogP contribution in [0.4, 0.5) is 0 Å². The van der Waals surface area contributed by atoms with E-state index in [0.29, 0.717) is 11.8 Å². The fourth-order valence-electron chi connectivity index (χ4n) is 3.83. The molecular formula is C23H33IN4. The summed E-state index contributed by atoms with van der Waals surface area (Å²) in [5.41, 5.74) is 2.64. The Bertz CT molecular complexity index is 666. The molecule has 1 fully saturated rings. The van der Waals surface area contributed by atoms with E-state index < -0.39 is 0 Å². The van der Waals surface area contributed by atoms with E-state index in [9.17, 15) is 0 Å². The van der Waals surface area contributed by atoms with E-state index in [0.717, 1.165) is 25.6 Å². The van der Waals surface area contributed by atoms with Crippen LogP contribution in [0.2, 0.25) is 0 Å². The van der Waals surface area contributed by atoms with Gasteiger partial charge in [0.2, 0.25) is 0 Å². The van der Waals surface area contributed by atoms with Crippen molar-refractivity contribution in [1.82, 2.24) is 15.5 Å². The molecule has 5 heteroatoms. The molecule has 2 aromatic rings. The molecule has 1 unspecified atom stereocenters. The van der Waals surface area contributed by atoms with Crippen LogP contribution in [-0.2, 0) is 0 Å². The van der Waals surface area contributed by atoms with Crippen LogP contribution in [0.15, 0.2) is 65.7 Å². The van der Waals surface area contributed by atoms with Crippen molar-refractivity contribution in [2.24, 2.45) is 10.9 Å². The molecule has 1 heterocycles. The van der Waals surface area contributed by atoms with Crippen LogP contribution in [0.5, 0.6) is 0 Å². The molecule has 0 saturated carbocycles. The Balaban J connectivity index is 0.00000280. The molecule has 2 aromatic carbocycles. The lowest BCUT2D eigenvalue weighted by atomic mass is 9.91. The van der Waals surface area contributed by atoms with E-state index in [1.165, 1.54) is 30.6 Å². The normalized spacial score (nSPS) is 17.4. The Morgan fingerprint density at radius 3 is 2.14 bits per heavy atom. The van der Waals surface area contributed by atoms with Gasteiger partial charge in [-0.3, -0.25) is 4.99 Å². The van der Waals surface area contributed by atoms with Gasteiger partial charge in [-0.25, -0.2) is 0 Å². The maximum atomic E-state index is 4.43. The molecule has 4 nitrogen and oxygen atoms in total. The minimum Gasteiger partial charge on any atom is -0.356 e. The number of rotatable bonds is 7. The monoisotopic (exact) mass is 492 g/mol. The van der Waals surface area contributed by atoms with Gasteiger partial charge >= 0.3 is 0 Å². The first-order valence-corrected chi connectivity index (χ1v) is 10.1. The summed E-state index contributed by atoms with van der Waals surface area (Å²) in [5.74, 6) is 1.90. The third kappa shape index (κ3) is 6.48. The average molecular weight is 492 g/mol. The van der Waals surface area contributed by atoms with Gasteiger partial charge in [0.05, 0.1) is 0 Å². The molecule has 1 aliphatic rings. The third-order valence-electron chi connectivity index (χ3n) is 5.48. The maximum Gasteiger partial charge on any atom is 0.191 e. The van der Waals surface area contributed by atoms with Crippen molar-refractivity contribution in [3.8, 4) is 0 Å². The molecule has 0 spiro atoms. The highest BCUT2D eigenvalue weighted by Gasteiger charge is 2.21. The Hall–Kier alpha value is -1.60. The van der Waals surface area contributed by atoms with Crippen molar-refractivity contribution in [3.63, 3.8) is 0 Å². The van der Waals surface area contributed by atoms with E-state index in [1.807, 2.05) is 7.05 Å². The zero-order chi connectivity index (χ0) is 18.9. The minimum absolute atomic E-state index is 0. The topological polar surface area (TPSA) is 39.7 Å². The van der Waals surface area contributed by atoms with E-state index in [-0.39, 0.29) is 24.0 Å². The third-order valence-corrected chi connectivity index (χ3v) is 5.48. The molecule has 0 aliphatic carbocycles. The molecule has 0 radical (unpaired) electrons. The fraction of sp³-hybridized carbons (Fsp3) is 0.435. The van der Waals surface area contributed by atoms with Gasteiger partial charge in [0.25, 0.3) is 0 Å². The Morgan fingerprint density at radius 2 is 1.64 bits per heavy atom. The number of likely N-dealkylation sites (tertiary alicyclic amines) is 1. The number of hydrogen-bond acceptors (Lipinski definition) is 2. The number of guanidine groups is 1. The van der Waals surface area contributed by atoms with Crippen LogP contribution >= 0.6 is 24.0 Å². The smallest absolute Gasteiger partial charge is 0.191 e. The number of nitrogens with one attached hydrogen (secondary N) is 2. The van der Waals surface area contributed by atoms with Crippen molar-refractivity contribution in [2.45, 2.75) is 19.3 Å². The first kappa shape index (κ1) is 22.7. The first-order valence-electron chi connectivity index (χ1n) is 10.1. The first-order chi connectivity index (χ1) is 13.3. The second-order valence-electron chi connectivity index (χ2n) is 7.26. The number of benzene rings is 2. The molecule has 152 valence electrons. The summed E-state index contributed by atoms with van der Waals surface area (Å²) in [6.07, 6.45) is 1.27. The van der Waals surface area contributed by atoms with Gasteiger partial charge < -0.3 is 15.5 Å².